The molecule has 3 nitrogen and oxygen atoms in total. The topological polar surface area (TPSA) is 41.6 Å². The highest BCUT2D eigenvalue weighted by atomic mass is 15.0. The van der Waals surface area contributed by atoms with E-state index in [0.29, 0.717) is 5.56 Å². The Morgan fingerprint density at radius 2 is 0.964 bits per heavy atom. The number of para-hydroxylation sites is 1. The Bertz CT molecular complexity index is 3290. The predicted octanol–water partition coefficient (Wildman–Crippen LogP) is 13.6. The first kappa shape index (κ1) is 31.0. The molecule has 11 aromatic rings. The Kier molecular flexibility index (Phi) is 6.92. The Labute approximate surface area is 318 Å². The second-order valence-corrected chi connectivity index (χ2v) is 14.3. The molecule has 0 aliphatic carbocycles. The van der Waals surface area contributed by atoms with E-state index in [2.05, 4.69) is 167 Å². The van der Waals surface area contributed by atoms with Crippen LogP contribution in [0, 0.1) is 11.3 Å². The van der Waals surface area contributed by atoms with E-state index in [1.165, 1.54) is 60.0 Å². The van der Waals surface area contributed by atoms with Crippen molar-refractivity contribution in [3.63, 3.8) is 0 Å². The van der Waals surface area contributed by atoms with Gasteiger partial charge in [0.15, 0.2) is 0 Å². The van der Waals surface area contributed by atoms with Crippen LogP contribution in [0.25, 0.3) is 104 Å². The highest BCUT2D eigenvalue weighted by molar-refractivity contribution is 6.26. The second kappa shape index (κ2) is 12.3. The molecule has 0 atom stereocenters. The van der Waals surface area contributed by atoms with Crippen molar-refractivity contribution in [2.75, 3.05) is 0 Å². The van der Waals surface area contributed by atoms with Gasteiger partial charge in [0, 0.05) is 34.4 Å². The maximum Gasteiger partial charge on any atom is 0.0992 e. The summed E-state index contributed by atoms with van der Waals surface area (Å²) in [7, 11) is 0. The largest absolute Gasteiger partial charge is 0.309 e. The number of hydrogen-bond acceptors (Lipinski definition) is 2. The summed E-state index contributed by atoms with van der Waals surface area (Å²) >= 11 is 0. The van der Waals surface area contributed by atoms with Gasteiger partial charge in [-0.15, -0.1) is 0 Å². The molecule has 11 rings (SSSR count). The van der Waals surface area contributed by atoms with E-state index in [1.807, 2.05) is 36.7 Å². The van der Waals surface area contributed by atoms with E-state index in [9.17, 15) is 5.26 Å². The first-order valence-corrected chi connectivity index (χ1v) is 18.6. The third-order valence-corrected chi connectivity index (χ3v) is 11.2. The average molecular weight is 698 g/mol. The number of rotatable bonds is 5. The SMILES string of the molecule is N#Cc1cc2ccc3cc(-c4ccc5c(-c6ccccc6)c6cc(-c7cccnc7)ccc6c(-c6ccccc6)c5c4)cc4c3c2c(c1)n4-c1ccccc1. The van der Waals surface area contributed by atoms with E-state index in [1.54, 1.807) is 0 Å². The lowest BCUT2D eigenvalue weighted by atomic mass is 9.84. The van der Waals surface area contributed by atoms with E-state index in [-0.39, 0.29) is 0 Å². The summed E-state index contributed by atoms with van der Waals surface area (Å²) in [6.07, 6.45) is 3.76. The third-order valence-electron chi connectivity index (χ3n) is 11.2. The predicted molar refractivity (Wildman–Crippen MR) is 229 cm³/mol. The lowest BCUT2D eigenvalue weighted by Crippen LogP contribution is -1.94. The van der Waals surface area contributed by atoms with E-state index < -0.39 is 0 Å². The van der Waals surface area contributed by atoms with E-state index in [4.69, 9.17) is 0 Å². The lowest BCUT2D eigenvalue weighted by Gasteiger charge is -2.20. The van der Waals surface area contributed by atoms with Gasteiger partial charge in [-0.3, -0.25) is 4.98 Å². The summed E-state index contributed by atoms with van der Waals surface area (Å²) < 4.78 is 2.33. The number of aromatic nitrogens is 2. The minimum atomic E-state index is 0.660. The van der Waals surface area contributed by atoms with Crippen LogP contribution in [0.2, 0.25) is 0 Å². The molecule has 0 radical (unpaired) electrons. The standard InChI is InChI=1S/C52H31N3/c53-31-33-25-38-18-19-39-27-41(30-48-52(39)51(38)47(26-33)55(48)42-16-8-3-9-17-42)37-21-23-44-46(29-37)50(35-13-6-2-7-14-35)43-22-20-36(40-15-10-24-54-32-40)28-45(43)49(44)34-11-4-1-5-12-34/h1-30,32H. The molecule has 2 aromatic heterocycles. The van der Waals surface area contributed by atoms with Crippen LogP contribution in [-0.2, 0) is 0 Å². The summed E-state index contributed by atoms with van der Waals surface area (Å²) in [5, 5.41) is 19.5. The fourth-order valence-corrected chi connectivity index (χ4v) is 8.81. The molecule has 254 valence electrons. The van der Waals surface area contributed by atoms with Crippen molar-refractivity contribution in [3.8, 4) is 56.3 Å². The van der Waals surface area contributed by atoms with Gasteiger partial charge in [-0.25, -0.2) is 0 Å². The van der Waals surface area contributed by atoms with Gasteiger partial charge in [-0.2, -0.15) is 5.26 Å². The van der Waals surface area contributed by atoms with Crippen LogP contribution in [-0.4, -0.2) is 9.55 Å². The second-order valence-electron chi connectivity index (χ2n) is 14.3. The van der Waals surface area contributed by atoms with Crippen molar-refractivity contribution >= 4 is 54.1 Å². The van der Waals surface area contributed by atoms with Gasteiger partial charge in [0.1, 0.15) is 0 Å². The zero-order chi connectivity index (χ0) is 36.5. The monoisotopic (exact) mass is 697 g/mol. The van der Waals surface area contributed by atoms with Crippen molar-refractivity contribution < 1.29 is 0 Å². The molecule has 0 aliphatic rings. The summed E-state index contributed by atoms with van der Waals surface area (Å²) in [5.74, 6) is 0. The third kappa shape index (κ3) is 4.86. The van der Waals surface area contributed by atoms with Crippen LogP contribution in [0.5, 0.6) is 0 Å². The van der Waals surface area contributed by atoms with Crippen LogP contribution < -0.4 is 0 Å². The molecule has 0 saturated carbocycles. The van der Waals surface area contributed by atoms with E-state index in [0.717, 1.165) is 44.4 Å². The van der Waals surface area contributed by atoms with E-state index >= 15 is 0 Å². The molecule has 0 spiro atoms. The molecular formula is C52H31N3. The number of nitrogens with zero attached hydrogens (tertiary/aromatic N) is 3. The van der Waals surface area contributed by atoms with Crippen LogP contribution in [0.3, 0.4) is 0 Å². The van der Waals surface area contributed by atoms with Crippen molar-refractivity contribution in [1.29, 1.82) is 5.26 Å². The molecule has 3 heteroatoms. The first-order chi connectivity index (χ1) is 27.2. The fourth-order valence-electron chi connectivity index (χ4n) is 8.81. The first-order valence-electron chi connectivity index (χ1n) is 18.6. The van der Waals surface area contributed by atoms with Gasteiger partial charge in [0.2, 0.25) is 0 Å². The molecule has 9 aromatic carbocycles. The minimum absolute atomic E-state index is 0.660. The number of pyridine rings is 1. The smallest absolute Gasteiger partial charge is 0.0992 e. The highest BCUT2D eigenvalue weighted by Crippen LogP contribution is 2.47. The van der Waals surface area contributed by atoms with Gasteiger partial charge < -0.3 is 4.57 Å². The van der Waals surface area contributed by atoms with Crippen molar-refractivity contribution in [3.05, 3.63) is 194 Å². The van der Waals surface area contributed by atoms with Crippen molar-refractivity contribution in [1.82, 2.24) is 9.55 Å². The van der Waals surface area contributed by atoms with Gasteiger partial charge in [0.25, 0.3) is 0 Å². The zero-order valence-corrected chi connectivity index (χ0v) is 29.7. The molecule has 0 N–H and O–H groups in total. The average Bonchev–Trinajstić information content (AvgIpc) is 3.60. The fraction of sp³-hybridized carbons (Fsp3) is 0. The molecule has 0 fully saturated rings. The molecular weight excluding hydrogens is 667 g/mol. The molecule has 0 bridgehead atoms. The van der Waals surface area contributed by atoms with Gasteiger partial charge >= 0.3 is 0 Å². The zero-order valence-electron chi connectivity index (χ0n) is 29.7. The number of hydrogen-bond donors (Lipinski definition) is 0. The Morgan fingerprint density at radius 1 is 0.418 bits per heavy atom. The van der Waals surface area contributed by atoms with Crippen molar-refractivity contribution in [2.24, 2.45) is 0 Å². The van der Waals surface area contributed by atoms with Crippen LogP contribution in [0.4, 0.5) is 0 Å². The maximum absolute atomic E-state index is 9.99. The lowest BCUT2D eigenvalue weighted by molar-refractivity contribution is 1.18. The Hall–Kier alpha value is -7.54. The molecule has 55 heavy (non-hydrogen) atoms. The number of fused-ring (bicyclic) bond motifs is 2. The normalized spacial score (nSPS) is 11.6. The minimum Gasteiger partial charge on any atom is -0.309 e. The molecule has 0 unspecified atom stereocenters. The molecule has 2 heterocycles. The number of nitriles is 1. The van der Waals surface area contributed by atoms with Gasteiger partial charge in [-0.05, 0) is 126 Å². The summed E-state index contributed by atoms with van der Waals surface area (Å²) in [6, 6.07) is 65.6. The Balaban J connectivity index is 1.23. The molecule has 0 saturated heterocycles. The van der Waals surface area contributed by atoms with Gasteiger partial charge in [0.05, 0.1) is 22.7 Å². The van der Waals surface area contributed by atoms with Crippen LogP contribution in [0.15, 0.2) is 188 Å². The summed E-state index contributed by atoms with van der Waals surface area (Å²) in [6.45, 7) is 0. The summed E-state index contributed by atoms with van der Waals surface area (Å²) in [4.78, 5) is 4.43. The molecule has 0 amide bonds. The van der Waals surface area contributed by atoms with Gasteiger partial charge in [-0.1, -0.05) is 121 Å². The Morgan fingerprint density at radius 3 is 1.55 bits per heavy atom. The quantitative estimate of drug-likeness (QED) is 0.133. The summed E-state index contributed by atoms with van der Waals surface area (Å²) in [5.41, 5.74) is 13.2. The number of benzene rings is 9. The van der Waals surface area contributed by atoms with Crippen LogP contribution >= 0.6 is 0 Å². The van der Waals surface area contributed by atoms with Crippen LogP contribution in [0.1, 0.15) is 5.56 Å². The maximum atomic E-state index is 9.99. The van der Waals surface area contributed by atoms with Crippen molar-refractivity contribution in [2.45, 2.75) is 0 Å². The highest BCUT2D eigenvalue weighted by Gasteiger charge is 2.21. The molecule has 0 aliphatic heterocycles.